The maximum absolute atomic E-state index is 14.9. The second-order valence-corrected chi connectivity index (χ2v) is 35.1. The minimum Gasteiger partial charge on any atom is -0.463 e. The number of ether oxygens (including phenoxy) is 6. The van der Waals surface area contributed by atoms with Crippen molar-refractivity contribution in [3.63, 3.8) is 0 Å². The molecule has 46 heteroatoms. The van der Waals surface area contributed by atoms with Gasteiger partial charge >= 0.3 is 40.7 Å². The fraction of sp³-hybridized carbons (Fsp3) is 0.450. The Morgan fingerprint density at radius 1 is 0.524 bits per heavy atom. The van der Waals surface area contributed by atoms with Crippen LogP contribution in [-0.4, -0.2) is 227 Å². The number of nitrogens with zero attached hydrogens (tertiary/aromatic N) is 8. The van der Waals surface area contributed by atoms with Crippen molar-refractivity contribution in [3.8, 4) is 52.8 Å². The summed E-state index contributed by atoms with van der Waals surface area (Å²) >= 11 is 0. The van der Waals surface area contributed by atoms with Crippen LogP contribution in [0.2, 0.25) is 0 Å². The number of hydrogen-bond acceptors (Lipinski definition) is 34. The summed E-state index contributed by atoms with van der Waals surface area (Å²) in [5.41, 5.74) is 6.76. The predicted molar refractivity (Wildman–Crippen MR) is 443 cm³/mol. The fourth-order valence-electron chi connectivity index (χ4n) is 12.6. The molecule has 678 valence electrons. The summed E-state index contributed by atoms with van der Waals surface area (Å²) in [7, 11) is -13.9. The van der Waals surface area contributed by atoms with Gasteiger partial charge in [-0.2, -0.15) is 15.0 Å². The van der Waals surface area contributed by atoms with Crippen molar-refractivity contribution < 1.29 is 140 Å². The van der Waals surface area contributed by atoms with E-state index in [2.05, 4.69) is 52.6 Å². The number of nitrogen functional groups attached to an aromatic ring is 3. The molecule has 0 bridgehead atoms. The number of fused-ring (bicyclic) bond motifs is 3. The highest BCUT2D eigenvalue weighted by molar-refractivity contribution is 7.55. The van der Waals surface area contributed by atoms with Gasteiger partial charge in [0.25, 0.3) is 11.1 Å². The molecule has 3 fully saturated rings. The average molecular weight is 1830 g/mol. The molecule has 14 N–H and O–H groups in total. The Balaban J connectivity index is 0.000000205. The van der Waals surface area contributed by atoms with Crippen LogP contribution in [0, 0.1) is 59.1 Å². The Labute approximate surface area is 724 Å². The maximum Gasteiger partial charge on any atom is 0.380 e. The minimum absolute atomic E-state index is 0.00355. The van der Waals surface area contributed by atoms with Crippen molar-refractivity contribution in [1.82, 2.24) is 48.6 Å². The Morgan fingerprint density at radius 2 is 0.881 bits per heavy atom. The monoisotopic (exact) mass is 1830 g/mol. The highest BCUT2D eigenvalue weighted by Gasteiger charge is 2.60. The van der Waals surface area contributed by atoms with Crippen LogP contribution in [0.25, 0.3) is 33.2 Å². The third kappa shape index (κ3) is 23.2. The zero-order valence-corrected chi connectivity index (χ0v) is 71.1. The van der Waals surface area contributed by atoms with Gasteiger partial charge in [-0.3, -0.25) is 56.6 Å². The summed E-state index contributed by atoms with van der Waals surface area (Å²) in [6.07, 6.45) is -17.9. The van der Waals surface area contributed by atoms with Gasteiger partial charge in [-0.25, -0.2) is 41.2 Å². The molecule has 0 radical (unpaired) electrons. The van der Waals surface area contributed by atoms with E-state index in [-0.39, 0.29) is 51.3 Å². The van der Waals surface area contributed by atoms with Gasteiger partial charge in [0.05, 0.1) is 100 Å². The van der Waals surface area contributed by atoms with E-state index >= 15 is 0 Å². The van der Waals surface area contributed by atoms with Crippen LogP contribution in [0.15, 0.2) is 132 Å². The lowest BCUT2D eigenvalue weighted by Gasteiger charge is -2.27. The lowest BCUT2D eigenvalue weighted by Crippen LogP contribution is -2.46. The summed E-state index contributed by atoms with van der Waals surface area (Å²) in [5, 5.41) is 67.5. The Morgan fingerprint density at radius 3 is 1.25 bits per heavy atom. The van der Waals surface area contributed by atoms with Crippen molar-refractivity contribution in [1.29, 1.82) is 0 Å². The largest absolute Gasteiger partial charge is 0.463 e. The number of aliphatic hydroxyl groups excluding tert-OH is 3. The summed E-state index contributed by atoms with van der Waals surface area (Å²) in [6.45, 7) is 0.455. The number of esters is 3. The normalized spacial score (nSPS) is 25.2. The molecule has 0 saturated carbocycles. The zero-order chi connectivity index (χ0) is 97.3. The second-order valence-electron chi connectivity index (χ2n) is 29.3. The Bertz CT molecular complexity index is 6130. The molecule has 39 nitrogen and oxygen atoms in total. The average Bonchev–Trinajstić information content (AvgIpc) is 1.59. The van der Waals surface area contributed by atoms with E-state index < -0.39 is 241 Å². The Hall–Kier alpha value is -11.1. The molecule has 3 unspecified atom stereocenters. The number of carbonyl (C=O) groups excluding carboxylic acids is 3. The van der Waals surface area contributed by atoms with Crippen LogP contribution in [0.3, 0.4) is 0 Å². The lowest BCUT2D eigenvalue weighted by atomic mass is 9.94. The van der Waals surface area contributed by atoms with Crippen molar-refractivity contribution in [2.45, 2.75) is 153 Å². The maximum atomic E-state index is 14.9. The van der Waals surface area contributed by atoms with Gasteiger partial charge in [0.1, 0.15) is 84.8 Å². The van der Waals surface area contributed by atoms with Gasteiger partial charge < -0.3 is 94.4 Å². The van der Waals surface area contributed by atoms with E-state index in [4.69, 9.17) is 81.0 Å². The lowest BCUT2D eigenvalue weighted by molar-refractivity contribution is -0.152. The minimum atomic E-state index is -4.68. The summed E-state index contributed by atoms with van der Waals surface area (Å²) in [5.74, 6) is 4.86. The van der Waals surface area contributed by atoms with Crippen LogP contribution in [0.4, 0.5) is 35.4 Å². The second kappa shape index (κ2) is 41.5. The molecule has 18 atom stereocenters. The number of rotatable bonds is 30. The van der Waals surface area contributed by atoms with E-state index in [9.17, 15) is 85.9 Å². The number of nitrogens with one attached hydrogen (secondary N) is 2. The molecule has 3 aromatic carbocycles. The molecule has 9 heterocycles. The number of H-pyrrole nitrogens is 2. The number of para-hydroxylation sites is 3. The Kier molecular flexibility index (Phi) is 29.1. The molecule has 0 aliphatic carbocycles. The van der Waals surface area contributed by atoms with Gasteiger partial charge in [0.2, 0.25) is 17.8 Å². The molecule has 12 rings (SSSR count). The van der Waals surface area contributed by atoms with Crippen LogP contribution in [0.1, 0.15) is 89.2 Å². The van der Waals surface area contributed by atoms with Gasteiger partial charge in [-0.1, -0.05) is 111 Å². The molecule has 3 aliphatic rings. The quantitative estimate of drug-likeness (QED) is 0.00735. The van der Waals surface area contributed by atoms with Crippen molar-refractivity contribution >= 4 is 91.8 Å². The smallest absolute Gasteiger partial charge is 0.380 e. The van der Waals surface area contributed by atoms with Gasteiger partial charge in [-0.05, 0) is 84.0 Å². The molecule has 0 spiro atoms. The molecule has 3 aliphatic heterocycles. The van der Waals surface area contributed by atoms with Gasteiger partial charge in [0.15, 0.2) is 58.2 Å². The number of aliphatic hydroxyl groups is 6. The first-order valence-electron chi connectivity index (χ1n) is 41.3. The molecular weight excluding hydrogens is 1730 g/mol. The standard InChI is InChI=1S/C27H31F2N4O9P.C27H32FN4O9P.C26H31FN5O8P/c1-15(2)40-24(36)16(3)14-43(38,42-17-8-5-4-6-9-17)39-13-19-21(34)27(37,10-7-11-28)25(41-19)33-12-18(29)20-22(33)31-26(30)32-23(20)35;1-16(2)39-24(35)17(3)15-42(37,41-18-8-5-4-6-9-18)38-14-20-21(33)27(36,11-7-12-28)25(40-20)32-13-10-19-22(32)30-26(29)31-23(19)34;1-16(2)38-23(34)17(3)14-41(36,40-18-8-5-4-6-9-18)37-13-20-21(33)26(35,10-7-11-27)24(39-20)32-15-30-19-12-29-25(28)31-22(19)32/h4-6,8-9,12,15-16,19,21,25,34,37H,11,13-14H2,1-3H3,(H3,30,31,32,35);4-6,8-10,13,16-17,20-21,25,33,36H,12,14-15H2,1-3H3,(H3,29,30,31,34);4-6,8-9,12,15-17,20-21,24,33,35H,11,13-14H2,1-3H3,(H2,28,29,31)/t16-,19-,21+,25-,27?,43+;17-,20-,21+,25-,27?,42+;17-,20-,21+,24-,26?,41+/m111/s1/i13D2;14D2;13D2. The number of benzene rings is 3. The molecular formula is C80H94F4N13O26P3. The third-order valence-corrected chi connectivity index (χ3v) is 23.8. The third-order valence-electron chi connectivity index (χ3n) is 18.2. The van der Waals surface area contributed by atoms with Crippen molar-refractivity contribution in [2.75, 3.05) is 75.4 Å². The molecule has 6 aromatic heterocycles. The van der Waals surface area contributed by atoms with Crippen molar-refractivity contribution in [2.24, 2.45) is 17.8 Å². The first-order chi connectivity index (χ1) is 61.8. The number of anilines is 3. The molecule has 0 amide bonds. The van der Waals surface area contributed by atoms with E-state index in [1.165, 1.54) is 87.8 Å². The number of hydrogen-bond donors (Lipinski definition) is 11. The predicted octanol–water partition coefficient (Wildman–Crippen LogP) is 6.68. The van der Waals surface area contributed by atoms with Crippen LogP contribution in [0.5, 0.6) is 17.2 Å². The van der Waals surface area contributed by atoms with Crippen LogP contribution >= 0.6 is 22.8 Å². The molecule has 3 saturated heterocycles. The zero-order valence-electron chi connectivity index (χ0n) is 74.5. The van der Waals surface area contributed by atoms with Crippen LogP contribution < -0.4 is 41.9 Å². The van der Waals surface area contributed by atoms with E-state index in [1.807, 2.05) is 17.8 Å². The van der Waals surface area contributed by atoms with Crippen molar-refractivity contribution in [3.05, 3.63) is 149 Å². The summed E-state index contributed by atoms with van der Waals surface area (Å²) in [4.78, 5) is 86.6. The SMILES string of the molecule is [2H]C([2H])(O[P@@](=O)(C[C@@H](C)C(=O)OC(C)C)Oc1ccccc1)[C@H]1O[C@@H](n2cc(F)c3c(=O)[nH]c(N)nc32)C(O)(C#CCF)[C@H]1O.[2H]C([2H])(O[P@@](=O)(C[C@@H](C)C(=O)OC(C)C)Oc1ccccc1)[C@H]1O[C@@H](n2ccc3c(=O)[nH]c(N)nc32)C(O)(C#CCF)[C@H]1O.[2H]C([2H])(O[P@@](=O)(C[C@@H](C)C(=O)OC(C)C)Oc1ccccc1)[C@H]1O[C@@H](n2cnc3cnc(N)nc32)C(O)(C#CCF)[C@H]1O. The number of halogens is 4. The highest BCUT2D eigenvalue weighted by atomic mass is 31.2. The van der Waals surface area contributed by atoms with Crippen LogP contribution in [-0.2, 0) is 70.1 Å². The number of aromatic amines is 2. The number of alkyl halides is 3. The fourth-order valence-corrected chi connectivity index (χ4v) is 17.7. The van der Waals surface area contributed by atoms with E-state index in [1.54, 1.807) is 84.0 Å². The van der Waals surface area contributed by atoms with Gasteiger partial charge in [-0.15, -0.1) is 0 Å². The summed E-state index contributed by atoms with van der Waals surface area (Å²) in [6, 6.07) is 24.2. The number of carbonyl (C=O) groups is 3. The molecule has 9 aromatic rings. The first-order valence-corrected chi connectivity index (χ1v) is 43.5. The highest BCUT2D eigenvalue weighted by Crippen LogP contribution is 2.55. The number of nitrogens with two attached hydrogens (primary N) is 3. The number of imidazole rings is 1. The molecule has 126 heavy (non-hydrogen) atoms. The summed E-state index contributed by atoms with van der Waals surface area (Å²) < 4.78 is 217. The van der Waals surface area contributed by atoms with E-state index in [0.29, 0.717) is 6.20 Å². The first kappa shape index (κ1) is 88.3. The van der Waals surface area contributed by atoms with E-state index in [0.717, 1.165) is 20.0 Å². The van der Waals surface area contributed by atoms with Gasteiger partial charge in [0, 0.05) is 12.4 Å². The topological polar surface area (TPSA) is 558 Å². The number of aromatic nitrogens is 10.